The molecule has 1 aliphatic heterocycles. The largest absolute Gasteiger partial charge is 0.545 e. The molecule has 1 saturated heterocycles. The molecule has 0 saturated carbocycles. The number of carboxylic acid groups (broad SMARTS) is 1. The highest BCUT2D eigenvalue weighted by atomic mass is 35.5. The van der Waals surface area contributed by atoms with Crippen LogP contribution in [0.1, 0.15) is 16.1 Å². The number of halogens is 2. The van der Waals surface area contributed by atoms with Crippen LogP contribution in [-0.2, 0) is 4.79 Å². The molecule has 0 spiro atoms. The van der Waals surface area contributed by atoms with Crippen molar-refractivity contribution in [3.05, 3.63) is 81.7 Å². The van der Waals surface area contributed by atoms with E-state index in [1.165, 1.54) is 30.3 Å². The molecule has 9 heteroatoms. The topological polar surface area (TPSA) is 103 Å². The van der Waals surface area contributed by atoms with Gasteiger partial charge in [0.1, 0.15) is 17.2 Å². The molecular weight excluding hydrogens is 431 g/mol. The number of aromatic carboxylic acids is 1. The number of hydrogen-bond donors (Lipinski definition) is 1. The van der Waals surface area contributed by atoms with Crippen LogP contribution in [0, 0.1) is 0 Å². The summed E-state index contributed by atoms with van der Waals surface area (Å²) in [5.41, 5.74) is 0.640. The SMILES string of the molecule is O=C([O-])c1ccc(Cl)c(-c2ccc(/C=C3/NC(=O)N(c4cccc(Cl)c4)C3=O)o2)c1. The van der Waals surface area contributed by atoms with E-state index in [1.54, 1.807) is 30.3 Å². The van der Waals surface area contributed by atoms with Crippen LogP contribution in [0.25, 0.3) is 17.4 Å². The Morgan fingerprint density at radius 3 is 2.60 bits per heavy atom. The summed E-state index contributed by atoms with van der Waals surface area (Å²) < 4.78 is 5.67. The minimum Gasteiger partial charge on any atom is -0.545 e. The molecule has 1 aromatic heterocycles. The van der Waals surface area contributed by atoms with Gasteiger partial charge in [-0.05, 0) is 48.0 Å². The number of carboxylic acids is 1. The van der Waals surface area contributed by atoms with Crippen LogP contribution in [0.3, 0.4) is 0 Å². The van der Waals surface area contributed by atoms with E-state index in [4.69, 9.17) is 27.6 Å². The van der Waals surface area contributed by atoms with E-state index in [1.807, 2.05) is 0 Å². The standard InChI is InChI=1S/C21H12Cl2N2O5/c22-12-2-1-3-13(9-12)25-19(26)17(24-21(25)29)10-14-5-7-18(30-14)15-8-11(20(27)28)4-6-16(15)23/h1-10H,(H,24,29)(H,27,28)/p-1/b17-10+. The van der Waals surface area contributed by atoms with Crippen LogP contribution in [-0.4, -0.2) is 17.9 Å². The number of anilines is 1. The van der Waals surface area contributed by atoms with E-state index >= 15 is 0 Å². The summed E-state index contributed by atoms with van der Waals surface area (Å²) in [6, 6.07) is 12.9. The molecule has 0 bridgehead atoms. The third-order valence-electron chi connectivity index (χ3n) is 4.33. The van der Waals surface area contributed by atoms with Crippen LogP contribution in [0.5, 0.6) is 0 Å². The fraction of sp³-hybridized carbons (Fsp3) is 0. The quantitative estimate of drug-likeness (QED) is 0.490. The lowest BCUT2D eigenvalue weighted by Crippen LogP contribution is -2.30. The van der Waals surface area contributed by atoms with E-state index in [0.29, 0.717) is 22.0 Å². The Labute approximate surface area is 180 Å². The number of amides is 3. The lowest BCUT2D eigenvalue weighted by Gasteiger charge is -2.11. The van der Waals surface area contributed by atoms with Crippen molar-refractivity contribution < 1.29 is 23.9 Å². The third-order valence-corrected chi connectivity index (χ3v) is 4.89. The Hall–Kier alpha value is -3.55. The first-order chi connectivity index (χ1) is 14.3. The van der Waals surface area contributed by atoms with Crippen LogP contribution in [0.2, 0.25) is 10.0 Å². The number of nitrogens with one attached hydrogen (secondary N) is 1. The Kier molecular flexibility index (Phi) is 5.07. The van der Waals surface area contributed by atoms with Gasteiger partial charge >= 0.3 is 6.03 Å². The van der Waals surface area contributed by atoms with Crippen molar-refractivity contribution >= 4 is 52.9 Å². The van der Waals surface area contributed by atoms with Gasteiger partial charge in [0.2, 0.25) is 0 Å². The number of furan rings is 1. The van der Waals surface area contributed by atoms with Crippen molar-refractivity contribution in [3.8, 4) is 11.3 Å². The van der Waals surface area contributed by atoms with Crippen molar-refractivity contribution in [3.63, 3.8) is 0 Å². The Bertz CT molecular complexity index is 1230. The van der Waals surface area contributed by atoms with E-state index < -0.39 is 17.9 Å². The second-order valence-corrected chi connectivity index (χ2v) is 7.14. The number of urea groups is 1. The van der Waals surface area contributed by atoms with E-state index in [-0.39, 0.29) is 22.0 Å². The monoisotopic (exact) mass is 441 g/mol. The Morgan fingerprint density at radius 2 is 1.87 bits per heavy atom. The first-order valence-electron chi connectivity index (χ1n) is 8.57. The van der Waals surface area contributed by atoms with Gasteiger partial charge in [0, 0.05) is 16.7 Å². The molecule has 0 radical (unpaired) electrons. The molecule has 3 aromatic rings. The highest BCUT2D eigenvalue weighted by Gasteiger charge is 2.35. The number of hydrogen-bond acceptors (Lipinski definition) is 5. The molecule has 30 heavy (non-hydrogen) atoms. The van der Waals surface area contributed by atoms with E-state index in [2.05, 4.69) is 5.32 Å². The number of rotatable bonds is 4. The molecule has 0 atom stereocenters. The second-order valence-electron chi connectivity index (χ2n) is 6.29. The number of imide groups is 1. The van der Waals surface area contributed by atoms with Crippen molar-refractivity contribution in [2.45, 2.75) is 0 Å². The fourth-order valence-electron chi connectivity index (χ4n) is 2.94. The zero-order chi connectivity index (χ0) is 21.4. The second kappa shape index (κ2) is 7.70. The van der Waals surface area contributed by atoms with Gasteiger partial charge in [-0.3, -0.25) is 4.79 Å². The maximum absolute atomic E-state index is 12.7. The normalized spacial score (nSPS) is 15.0. The summed E-state index contributed by atoms with van der Waals surface area (Å²) in [6.45, 7) is 0. The molecule has 7 nitrogen and oxygen atoms in total. The average molecular weight is 442 g/mol. The summed E-state index contributed by atoms with van der Waals surface area (Å²) in [6.07, 6.45) is 1.37. The molecule has 1 fully saturated rings. The first-order valence-corrected chi connectivity index (χ1v) is 9.33. The number of carbonyl (C=O) groups excluding carboxylic acids is 3. The van der Waals surface area contributed by atoms with Gasteiger partial charge < -0.3 is 19.6 Å². The van der Waals surface area contributed by atoms with Gasteiger partial charge in [0.15, 0.2) is 0 Å². The zero-order valence-electron chi connectivity index (χ0n) is 15.0. The smallest absolute Gasteiger partial charge is 0.333 e. The molecule has 2 heterocycles. The summed E-state index contributed by atoms with van der Waals surface area (Å²) in [5, 5.41) is 14.2. The molecule has 1 aliphatic rings. The number of benzene rings is 2. The van der Waals surface area contributed by atoms with Crippen LogP contribution < -0.4 is 15.3 Å². The van der Waals surface area contributed by atoms with Crippen molar-refractivity contribution in [2.75, 3.05) is 4.90 Å². The third kappa shape index (κ3) is 3.68. The molecule has 150 valence electrons. The zero-order valence-corrected chi connectivity index (χ0v) is 16.5. The minimum absolute atomic E-state index is 0.00968. The average Bonchev–Trinajstić information content (AvgIpc) is 3.26. The van der Waals surface area contributed by atoms with Gasteiger partial charge in [-0.15, -0.1) is 0 Å². The summed E-state index contributed by atoms with van der Waals surface area (Å²) in [5.74, 6) is -1.37. The molecule has 2 aromatic carbocycles. The van der Waals surface area contributed by atoms with Crippen molar-refractivity contribution in [1.82, 2.24) is 5.32 Å². The lowest BCUT2D eigenvalue weighted by atomic mass is 10.1. The minimum atomic E-state index is -1.35. The Morgan fingerprint density at radius 1 is 1.07 bits per heavy atom. The van der Waals surface area contributed by atoms with Crippen molar-refractivity contribution in [2.24, 2.45) is 0 Å². The van der Waals surface area contributed by atoms with Crippen molar-refractivity contribution in [1.29, 1.82) is 0 Å². The maximum Gasteiger partial charge on any atom is 0.333 e. The van der Waals surface area contributed by atoms with Gasteiger partial charge in [0.25, 0.3) is 5.91 Å². The van der Waals surface area contributed by atoms with Gasteiger partial charge in [-0.2, -0.15) is 0 Å². The van der Waals surface area contributed by atoms with Gasteiger partial charge in [-0.25, -0.2) is 9.69 Å². The summed E-state index contributed by atoms with van der Waals surface area (Å²) >= 11 is 12.1. The van der Waals surface area contributed by atoms with Crippen LogP contribution in [0.4, 0.5) is 10.5 Å². The summed E-state index contributed by atoms with van der Waals surface area (Å²) in [4.78, 5) is 37.0. The van der Waals surface area contributed by atoms with Gasteiger partial charge in [-0.1, -0.05) is 35.3 Å². The molecular formula is C21H11Cl2N2O5-. The molecule has 1 N–H and O–H groups in total. The fourth-order valence-corrected chi connectivity index (χ4v) is 3.34. The first kappa shape index (κ1) is 19.8. The summed E-state index contributed by atoms with van der Waals surface area (Å²) in [7, 11) is 0. The number of carbonyl (C=O) groups is 3. The lowest BCUT2D eigenvalue weighted by molar-refractivity contribution is -0.255. The highest BCUT2D eigenvalue weighted by molar-refractivity contribution is 6.33. The molecule has 0 unspecified atom stereocenters. The Balaban J connectivity index is 1.64. The predicted octanol–water partition coefficient (Wildman–Crippen LogP) is 3.71. The molecule has 4 rings (SSSR count). The number of nitrogens with zero attached hydrogens (tertiary/aromatic N) is 1. The maximum atomic E-state index is 12.7. The predicted molar refractivity (Wildman–Crippen MR) is 109 cm³/mol. The van der Waals surface area contributed by atoms with E-state index in [0.717, 1.165) is 4.90 Å². The van der Waals surface area contributed by atoms with Crippen LogP contribution >= 0.6 is 23.2 Å². The van der Waals surface area contributed by atoms with E-state index in [9.17, 15) is 19.5 Å². The van der Waals surface area contributed by atoms with Crippen LogP contribution in [0.15, 0.2) is 64.7 Å². The molecule has 3 amide bonds. The highest BCUT2D eigenvalue weighted by Crippen LogP contribution is 2.31. The van der Waals surface area contributed by atoms with Gasteiger partial charge in [0.05, 0.1) is 16.7 Å². The molecule has 0 aliphatic carbocycles.